The van der Waals surface area contributed by atoms with Gasteiger partial charge in [-0.1, -0.05) is 29.8 Å². The van der Waals surface area contributed by atoms with Gasteiger partial charge in [0, 0.05) is 25.2 Å². The number of aromatic amines is 1. The highest BCUT2D eigenvalue weighted by Gasteiger charge is 2.41. The Bertz CT molecular complexity index is 1220. The van der Waals surface area contributed by atoms with Crippen LogP contribution in [0.25, 0.3) is 0 Å². The maximum absolute atomic E-state index is 13.7. The number of nitrogens with zero attached hydrogens (tertiary/aromatic N) is 4. The summed E-state index contributed by atoms with van der Waals surface area (Å²) in [5, 5.41) is 5.63. The van der Waals surface area contributed by atoms with Gasteiger partial charge in [0.15, 0.2) is 0 Å². The van der Waals surface area contributed by atoms with Crippen molar-refractivity contribution in [3.05, 3.63) is 74.2 Å². The topological polar surface area (TPSA) is 66.8 Å². The molecule has 32 heavy (non-hydrogen) atoms. The fourth-order valence-corrected chi connectivity index (χ4v) is 3.95. The first kappa shape index (κ1) is 22.2. The Kier molecular flexibility index (Phi) is 5.43. The Balaban J connectivity index is 1.76. The molecule has 1 aliphatic rings. The maximum Gasteiger partial charge on any atom is 0.449 e. The van der Waals surface area contributed by atoms with E-state index in [9.17, 15) is 31.1 Å². The van der Waals surface area contributed by atoms with Crippen LogP contribution in [0.1, 0.15) is 28.3 Å². The van der Waals surface area contributed by atoms with Gasteiger partial charge in [-0.15, -0.1) is 0 Å². The van der Waals surface area contributed by atoms with Crippen LogP contribution in [0.5, 0.6) is 0 Å². The van der Waals surface area contributed by atoms with Crippen LogP contribution in [0.4, 0.5) is 32.0 Å². The fraction of sp³-hybridized carbons (Fsp3) is 0.316. The zero-order valence-electron chi connectivity index (χ0n) is 16.1. The van der Waals surface area contributed by atoms with Crippen molar-refractivity contribution in [2.75, 3.05) is 11.4 Å². The van der Waals surface area contributed by atoms with E-state index >= 15 is 0 Å². The summed E-state index contributed by atoms with van der Waals surface area (Å²) in [5.41, 5.74) is -1.50. The van der Waals surface area contributed by atoms with Gasteiger partial charge < -0.3 is 9.47 Å². The lowest BCUT2D eigenvalue weighted by Crippen LogP contribution is -2.33. The number of fused-ring (bicyclic) bond motifs is 1. The summed E-state index contributed by atoms with van der Waals surface area (Å²) in [6.45, 7) is -0.584. The summed E-state index contributed by atoms with van der Waals surface area (Å²) < 4.78 is 82.0. The third kappa shape index (κ3) is 4.06. The monoisotopic (exact) mass is 477 g/mol. The summed E-state index contributed by atoms with van der Waals surface area (Å²) in [7, 11) is 0. The van der Waals surface area contributed by atoms with Crippen LogP contribution in [0.15, 0.2) is 35.3 Å². The van der Waals surface area contributed by atoms with E-state index in [0.717, 1.165) is 16.7 Å². The number of alkyl halides is 6. The quantitative estimate of drug-likeness (QED) is 0.572. The van der Waals surface area contributed by atoms with Gasteiger partial charge in [-0.3, -0.25) is 4.79 Å². The van der Waals surface area contributed by atoms with E-state index in [1.54, 1.807) is 4.90 Å². The molecule has 170 valence electrons. The van der Waals surface area contributed by atoms with Crippen LogP contribution >= 0.6 is 11.6 Å². The number of hydrogen-bond donors (Lipinski definition) is 1. The number of aromatic nitrogens is 4. The third-order valence-corrected chi connectivity index (χ3v) is 5.50. The fourth-order valence-electron chi connectivity index (χ4n) is 3.73. The molecule has 1 aliphatic heterocycles. The van der Waals surface area contributed by atoms with E-state index in [1.807, 2.05) is 0 Å². The number of hydrogen-bond acceptors (Lipinski definition) is 4. The van der Waals surface area contributed by atoms with Crippen LogP contribution in [0, 0.1) is 0 Å². The predicted octanol–water partition coefficient (Wildman–Crippen LogP) is 4.27. The zero-order valence-corrected chi connectivity index (χ0v) is 16.8. The van der Waals surface area contributed by atoms with Gasteiger partial charge in [-0.2, -0.15) is 31.4 Å². The standard InChI is InChI=1S/C19H14ClF6N5O/c20-15-14(7-27-29-16(15)32)30-6-5-13-12(9-30)28-17(19(24,25)26)31(13)8-10-3-1-2-4-11(10)18(21,22)23/h1-4,7H,5-6,8-9H2,(H,29,32). The molecular formula is C19H14ClF6N5O. The molecule has 6 nitrogen and oxygen atoms in total. The van der Waals surface area contributed by atoms with E-state index < -0.39 is 35.8 Å². The molecule has 1 aromatic carbocycles. The van der Waals surface area contributed by atoms with E-state index in [0.29, 0.717) is 0 Å². The molecule has 4 rings (SSSR count). The van der Waals surface area contributed by atoms with Crippen LogP contribution in [-0.4, -0.2) is 26.3 Å². The molecule has 0 radical (unpaired) electrons. The second-order valence-corrected chi connectivity index (χ2v) is 7.52. The molecule has 0 bridgehead atoms. The minimum Gasteiger partial charge on any atom is -0.362 e. The van der Waals surface area contributed by atoms with Gasteiger partial charge in [-0.05, 0) is 11.6 Å². The molecule has 0 unspecified atom stereocenters. The lowest BCUT2D eigenvalue weighted by molar-refractivity contribution is -0.147. The maximum atomic E-state index is 13.7. The van der Waals surface area contributed by atoms with Gasteiger partial charge >= 0.3 is 12.4 Å². The number of rotatable bonds is 3. The molecule has 0 saturated carbocycles. The number of nitrogens with one attached hydrogen (secondary N) is 1. The van der Waals surface area contributed by atoms with Crippen LogP contribution in [0.3, 0.4) is 0 Å². The zero-order chi connectivity index (χ0) is 23.3. The molecule has 0 fully saturated rings. The van der Waals surface area contributed by atoms with Crippen molar-refractivity contribution >= 4 is 17.3 Å². The van der Waals surface area contributed by atoms with Crippen molar-refractivity contribution in [2.24, 2.45) is 0 Å². The minimum absolute atomic E-state index is 0.0458. The van der Waals surface area contributed by atoms with Gasteiger partial charge in [0.2, 0.25) is 5.82 Å². The number of benzene rings is 1. The summed E-state index contributed by atoms with van der Waals surface area (Å²) in [6, 6.07) is 4.49. The molecule has 13 heteroatoms. The average Bonchev–Trinajstić information content (AvgIpc) is 3.08. The SMILES string of the molecule is O=c1[nH]ncc(N2CCc3c(nc(C(F)(F)F)n3Cc3ccccc3C(F)(F)F)C2)c1Cl. The number of halogens is 7. The van der Waals surface area contributed by atoms with E-state index in [2.05, 4.69) is 15.2 Å². The van der Waals surface area contributed by atoms with Crippen LogP contribution in [0.2, 0.25) is 5.02 Å². The average molecular weight is 478 g/mol. The van der Waals surface area contributed by atoms with Crippen molar-refractivity contribution in [1.82, 2.24) is 19.7 Å². The Morgan fingerprint density at radius 3 is 2.50 bits per heavy atom. The molecule has 0 amide bonds. The van der Waals surface area contributed by atoms with Crippen molar-refractivity contribution in [1.29, 1.82) is 0 Å². The normalized spacial score (nSPS) is 14.5. The molecule has 2 aromatic heterocycles. The second-order valence-electron chi connectivity index (χ2n) is 7.14. The van der Waals surface area contributed by atoms with E-state index in [4.69, 9.17) is 11.6 Å². The molecule has 3 heterocycles. The second kappa shape index (κ2) is 7.84. The van der Waals surface area contributed by atoms with Crippen molar-refractivity contribution < 1.29 is 26.3 Å². The first-order valence-corrected chi connectivity index (χ1v) is 9.63. The molecule has 0 aliphatic carbocycles. The highest BCUT2D eigenvalue weighted by molar-refractivity contribution is 6.32. The first-order valence-electron chi connectivity index (χ1n) is 9.25. The largest absolute Gasteiger partial charge is 0.449 e. The molecule has 0 atom stereocenters. The minimum atomic E-state index is -4.88. The van der Waals surface area contributed by atoms with Crippen LogP contribution in [-0.2, 0) is 31.9 Å². The summed E-state index contributed by atoms with van der Waals surface area (Å²) >= 11 is 5.99. The molecule has 1 N–H and O–H groups in total. The van der Waals surface area contributed by atoms with Gasteiger partial charge in [0.05, 0.1) is 29.7 Å². The molecular weight excluding hydrogens is 464 g/mol. The summed E-state index contributed by atoms with van der Waals surface area (Å²) in [4.78, 5) is 16.9. The Morgan fingerprint density at radius 1 is 1.09 bits per heavy atom. The van der Waals surface area contributed by atoms with Gasteiger partial charge in [0.1, 0.15) is 5.02 Å². The van der Waals surface area contributed by atoms with Gasteiger partial charge in [0.25, 0.3) is 5.56 Å². The molecule has 3 aromatic rings. The summed E-state index contributed by atoms with van der Waals surface area (Å²) in [6.07, 6.45) is -8.26. The number of anilines is 1. The number of imidazole rings is 1. The van der Waals surface area contributed by atoms with Crippen molar-refractivity contribution in [3.63, 3.8) is 0 Å². The Labute approximate surface area is 181 Å². The highest BCUT2D eigenvalue weighted by Crippen LogP contribution is 2.37. The predicted molar refractivity (Wildman–Crippen MR) is 102 cm³/mol. The van der Waals surface area contributed by atoms with E-state index in [-0.39, 0.29) is 47.2 Å². The van der Waals surface area contributed by atoms with Crippen molar-refractivity contribution in [3.8, 4) is 0 Å². The Hall–Kier alpha value is -3.02. The lowest BCUT2D eigenvalue weighted by Gasteiger charge is -2.29. The first-order chi connectivity index (χ1) is 15.0. The number of H-pyrrole nitrogens is 1. The van der Waals surface area contributed by atoms with Crippen molar-refractivity contribution in [2.45, 2.75) is 31.9 Å². The smallest absolute Gasteiger partial charge is 0.362 e. The van der Waals surface area contributed by atoms with Gasteiger partial charge in [-0.25, -0.2) is 10.1 Å². The third-order valence-electron chi connectivity index (χ3n) is 5.14. The summed E-state index contributed by atoms with van der Waals surface area (Å²) in [5.74, 6) is -1.28. The van der Waals surface area contributed by atoms with Crippen LogP contribution < -0.4 is 10.5 Å². The molecule has 0 spiro atoms. The van der Waals surface area contributed by atoms with E-state index in [1.165, 1.54) is 18.3 Å². The Morgan fingerprint density at radius 2 is 1.81 bits per heavy atom. The highest BCUT2D eigenvalue weighted by atomic mass is 35.5. The molecule has 0 saturated heterocycles. The lowest BCUT2D eigenvalue weighted by atomic mass is 10.1.